The maximum Gasteiger partial charge on any atom is 0.329 e. The molecule has 4 aromatic rings. The number of unbranched alkanes of at least 4 members (excludes halogenated alkanes) is 1. The Morgan fingerprint density at radius 2 is 1.92 bits per heavy atom. The van der Waals surface area contributed by atoms with E-state index < -0.39 is 0 Å². The van der Waals surface area contributed by atoms with E-state index in [1.165, 1.54) is 0 Å². The van der Waals surface area contributed by atoms with Crippen molar-refractivity contribution >= 4 is 5.78 Å². The molecule has 0 spiro atoms. The molecule has 0 bridgehead atoms. The third-order valence-electron chi connectivity index (χ3n) is 7.14. The second-order valence-corrected chi connectivity index (χ2v) is 9.88. The number of aromatic amines is 1. The van der Waals surface area contributed by atoms with Gasteiger partial charge in [0.2, 0.25) is 5.82 Å². The van der Waals surface area contributed by atoms with Crippen LogP contribution in [0.5, 0.6) is 0 Å². The molecular weight excluding hydrogens is 454 g/mol. The van der Waals surface area contributed by atoms with Crippen LogP contribution < -0.4 is 5.69 Å². The molecule has 1 aliphatic carbocycles. The molecule has 2 atom stereocenters. The Morgan fingerprint density at radius 1 is 1.11 bits per heavy atom. The molecule has 2 unspecified atom stereocenters. The number of nitrogens with one attached hydrogen (secondary N) is 1. The van der Waals surface area contributed by atoms with Gasteiger partial charge < -0.3 is 0 Å². The van der Waals surface area contributed by atoms with Gasteiger partial charge >= 0.3 is 5.69 Å². The summed E-state index contributed by atoms with van der Waals surface area (Å²) in [6.45, 7) is 6.73. The normalized spacial score (nSPS) is 17.5. The van der Waals surface area contributed by atoms with Gasteiger partial charge in [-0.3, -0.25) is 18.9 Å². The largest absolute Gasteiger partial charge is 0.329 e. The first-order valence-electron chi connectivity index (χ1n) is 12.6. The van der Waals surface area contributed by atoms with Crippen molar-refractivity contribution in [3.63, 3.8) is 0 Å². The Morgan fingerprint density at radius 3 is 2.64 bits per heavy atom. The molecule has 3 heterocycles. The van der Waals surface area contributed by atoms with E-state index in [1.807, 2.05) is 42.6 Å². The van der Waals surface area contributed by atoms with Crippen LogP contribution in [0.25, 0.3) is 22.5 Å². The molecule has 1 aromatic carbocycles. The van der Waals surface area contributed by atoms with E-state index in [2.05, 4.69) is 46.4 Å². The Labute approximate surface area is 209 Å². The molecule has 3 aromatic heterocycles. The summed E-state index contributed by atoms with van der Waals surface area (Å²) < 4.78 is 3.47. The molecule has 5 rings (SSSR count). The molecule has 1 N–H and O–H groups in total. The SMILES string of the molecule is CCCCc1cn(C2C(=O)CC2C(C)C)c(=O)n1Cc1cc(-c2cccc(-c3nn[nH]n3)c2)ccn1. The Bertz CT molecular complexity index is 1420. The standard InChI is InChI=1S/C27H31N7O2/c1-4-5-9-22-16-34(25-23(17(2)3)14-24(25)35)27(36)33(22)15-21-13-19(10-11-28-21)18-7-6-8-20(12-18)26-29-31-32-30-26/h6-8,10-13,16-17,23,25H,4-5,9,14-15H2,1-3H3,(H,29,30,31,32). The van der Waals surface area contributed by atoms with Crippen LogP contribution in [-0.4, -0.2) is 40.5 Å². The third-order valence-corrected chi connectivity index (χ3v) is 7.14. The summed E-state index contributed by atoms with van der Waals surface area (Å²) in [5.41, 5.74) is 4.46. The number of pyridine rings is 1. The van der Waals surface area contributed by atoms with E-state index in [9.17, 15) is 9.59 Å². The van der Waals surface area contributed by atoms with Gasteiger partial charge in [0.1, 0.15) is 6.04 Å². The van der Waals surface area contributed by atoms with Crippen LogP contribution in [0.2, 0.25) is 0 Å². The Hall–Kier alpha value is -3.88. The van der Waals surface area contributed by atoms with Gasteiger partial charge in [-0.1, -0.05) is 45.4 Å². The zero-order valence-electron chi connectivity index (χ0n) is 20.9. The van der Waals surface area contributed by atoms with Crippen molar-refractivity contribution in [2.45, 2.75) is 59.0 Å². The highest BCUT2D eigenvalue weighted by molar-refractivity contribution is 5.89. The van der Waals surface area contributed by atoms with Crippen molar-refractivity contribution in [3.05, 3.63) is 70.7 Å². The quantitative estimate of drug-likeness (QED) is 0.383. The molecule has 9 nitrogen and oxygen atoms in total. The lowest BCUT2D eigenvalue weighted by molar-refractivity contribution is -0.134. The van der Waals surface area contributed by atoms with E-state index in [4.69, 9.17) is 0 Å². The van der Waals surface area contributed by atoms with Crippen LogP contribution >= 0.6 is 0 Å². The fourth-order valence-corrected chi connectivity index (χ4v) is 5.01. The number of H-pyrrole nitrogens is 1. The second kappa shape index (κ2) is 10.0. The molecular formula is C27H31N7O2. The molecule has 186 valence electrons. The predicted octanol–water partition coefficient (Wildman–Crippen LogP) is 4.07. The van der Waals surface area contributed by atoms with Gasteiger partial charge in [-0.15, -0.1) is 10.2 Å². The highest BCUT2D eigenvalue weighted by Gasteiger charge is 2.43. The summed E-state index contributed by atoms with van der Waals surface area (Å²) in [7, 11) is 0. The molecule has 0 amide bonds. The monoisotopic (exact) mass is 485 g/mol. The molecule has 1 saturated carbocycles. The summed E-state index contributed by atoms with van der Waals surface area (Å²) in [6.07, 6.45) is 7.03. The Balaban J connectivity index is 1.47. The number of carbonyl (C=O) groups is 1. The van der Waals surface area contributed by atoms with E-state index >= 15 is 0 Å². The molecule has 36 heavy (non-hydrogen) atoms. The lowest BCUT2D eigenvalue weighted by atomic mass is 9.71. The van der Waals surface area contributed by atoms with Crippen LogP contribution in [0.4, 0.5) is 0 Å². The smallest absolute Gasteiger partial charge is 0.297 e. The van der Waals surface area contributed by atoms with Crippen LogP contribution in [0.3, 0.4) is 0 Å². The summed E-state index contributed by atoms with van der Waals surface area (Å²) in [5, 5.41) is 14.3. The van der Waals surface area contributed by atoms with E-state index in [0.29, 0.717) is 24.7 Å². The lowest BCUT2D eigenvalue weighted by Crippen LogP contribution is -2.45. The summed E-state index contributed by atoms with van der Waals surface area (Å²) in [6, 6.07) is 11.5. The average molecular weight is 486 g/mol. The van der Waals surface area contributed by atoms with Crippen molar-refractivity contribution in [2.24, 2.45) is 11.8 Å². The van der Waals surface area contributed by atoms with Crippen molar-refractivity contribution in [1.82, 2.24) is 34.7 Å². The van der Waals surface area contributed by atoms with Gasteiger partial charge in [0, 0.05) is 30.1 Å². The number of aromatic nitrogens is 7. The number of nitrogens with zero attached hydrogens (tertiary/aromatic N) is 6. The Kier molecular flexibility index (Phi) is 6.63. The van der Waals surface area contributed by atoms with Gasteiger partial charge in [0.05, 0.1) is 12.2 Å². The van der Waals surface area contributed by atoms with Gasteiger partial charge in [-0.25, -0.2) is 4.79 Å². The van der Waals surface area contributed by atoms with Crippen LogP contribution in [0.15, 0.2) is 53.6 Å². The van der Waals surface area contributed by atoms with Gasteiger partial charge in [0.15, 0.2) is 5.78 Å². The predicted molar refractivity (Wildman–Crippen MR) is 136 cm³/mol. The molecule has 0 saturated heterocycles. The van der Waals surface area contributed by atoms with E-state index in [1.54, 1.807) is 15.3 Å². The maximum absolute atomic E-state index is 13.6. The van der Waals surface area contributed by atoms with Crippen LogP contribution in [0.1, 0.15) is 57.5 Å². The van der Waals surface area contributed by atoms with Crippen LogP contribution in [0, 0.1) is 11.8 Å². The molecule has 9 heteroatoms. The van der Waals surface area contributed by atoms with E-state index in [0.717, 1.165) is 47.3 Å². The lowest BCUT2D eigenvalue weighted by Gasteiger charge is -2.38. The fourth-order valence-electron chi connectivity index (χ4n) is 5.01. The number of hydrogen-bond donors (Lipinski definition) is 1. The average Bonchev–Trinajstić information content (AvgIpc) is 3.51. The van der Waals surface area contributed by atoms with Crippen molar-refractivity contribution < 1.29 is 4.79 Å². The minimum atomic E-state index is -0.355. The molecule has 1 aliphatic rings. The van der Waals surface area contributed by atoms with Crippen LogP contribution in [-0.2, 0) is 17.8 Å². The highest BCUT2D eigenvalue weighted by Crippen LogP contribution is 2.39. The number of aryl methyl sites for hydroxylation is 1. The first kappa shape index (κ1) is 23.8. The maximum atomic E-state index is 13.6. The second-order valence-electron chi connectivity index (χ2n) is 9.88. The first-order chi connectivity index (χ1) is 17.5. The van der Waals surface area contributed by atoms with Gasteiger partial charge in [-0.2, -0.15) is 5.21 Å². The summed E-state index contributed by atoms with van der Waals surface area (Å²) >= 11 is 0. The van der Waals surface area contributed by atoms with Gasteiger partial charge in [0.25, 0.3) is 0 Å². The number of carbonyl (C=O) groups excluding carboxylic acids is 1. The molecule has 0 aliphatic heterocycles. The summed E-state index contributed by atoms with van der Waals surface area (Å²) in [4.78, 5) is 30.6. The molecule has 0 radical (unpaired) electrons. The summed E-state index contributed by atoms with van der Waals surface area (Å²) in [5.74, 6) is 1.24. The zero-order chi connectivity index (χ0) is 25.2. The third kappa shape index (κ3) is 4.53. The highest BCUT2D eigenvalue weighted by atomic mass is 16.2. The van der Waals surface area contributed by atoms with Crippen molar-refractivity contribution in [3.8, 4) is 22.5 Å². The fraction of sp³-hybridized carbons (Fsp3) is 0.407. The number of ketones is 1. The minimum absolute atomic E-state index is 0.129. The number of benzene rings is 1. The first-order valence-corrected chi connectivity index (χ1v) is 12.6. The van der Waals surface area contributed by atoms with E-state index in [-0.39, 0.29) is 23.4 Å². The number of imidazole rings is 1. The number of tetrazole rings is 1. The zero-order valence-corrected chi connectivity index (χ0v) is 20.9. The van der Waals surface area contributed by atoms with Crippen molar-refractivity contribution in [1.29, 1.82) is 0 Å². The van der Waals surface area contributed by atoms with Crippen molar-refractivity contribution in [2.75, 3.05) is 0 Å². The number of rotatable bonds is 9. The minimum Gasteiger partial charge on any atom is -0.297 e. The topological polar surface area (TPSA) is 111 Å². The number of Topliss-reactive ketones (excluding diaryl/α,β-unsaturated/α-hetero) is 1. The van der Waals surface area contributed by atoms with Gasteiger partial charge in [-0.05, 0) is 59.2 Å². The molecule has 1 fully saturated rings. The number of hydrogen-bond acceptors (Lipinski definition) is 6.